The monoisotopic (exact) mass is 505 g/mol. The van der Waals surface area contributed by atoms with Crippen molar-refractivity contribution in [2.45, 2.75) is 23.0 Å². The molecule has 1 saturated carbocycles. The second kappa shape index (κ2) is 8.14. The molecule has 1 aliphatic carbocycles. The summed E-state index contributed by atoms with van der Waals surface area (Å²) in [6.45, 7) is 0. The van der Waals surface area contributed by atoms with E-state index in [2.05, 4.69) is 27.9 Å². The average molecular weight is 506 g/mol. The van der Waals surface area contributed by atoms with E-state index in [1.165, 1.54) is 18.2 Å². The SMILES string of the molecule is O=C(Nc1ccc(F)c(Cl)c1)c1ccc(I)c(SC2CC(C(=O)O)C2)c1. The van der Waals surface area contributed by atoms with Gasteiger partial charge >= 0.3 is 5.97 Å². The third-order valence-electron chi connectivity index (χ3n) is 4.11. The van der Waals surface area contributed by atoms with Gasteiger partial charge in [-0.1, -0.05) is 11.6 Å². The number of carboxylic acid groups (broad SMARTS) is 1. The highest BCUT2D eigenvalue weighted by atomic mass is 127. The number of hydrogen-bond acceptors (Lipinski definition) is 3. The lowest BCUT2D eigenvalue weighted by molar-refractivity contribution is -0.144. The predicted octanol–water partition coefficient (Wildman–Crippen LogP) is 5.29. The molecule has 26 heavy (non-hydrogen) atoms. The molecule has 2 aromatic rings. The zero-order valence-corrected chi connectivity index (χ0v) is 17.1. The standard InChI is InChI=1S/C18H14ClFINO3S/c19-13-8-11(2-3-14(13)20)22-17(23)9-1-4-15(21)16(7-9)26-12-5-10(6-12)18(24)25/h1-4,7-8,10,12H,5-6H2,(H,22,23)(H,24,25). The summed E-state index contributed by atoms with van der Waals surface area (Å²) in [5.41, 5.74) is 0.889. The lowest BCUT2D eigenvalue weighted by Gasteiger charge is -2.31. The minimum atomic E-state index is -0.748. The molecule has 3 rings (SSSR count). The van der Waals surface area contributed by atoms with Gasteiger partial charge in [0.25, 0.3) is 5.91 Å². The van der Waals surface area contributed by atoms with Gasteiger partial charge in [0, 0.05) is 25.0 Å². The molecule has 8 heteroatoms. The number of thioether (sulfide) groups is 1. The van der Waals surface area contributed by atoms with E-state index in [0.29, 0.717) is 24.1 Å². The van der Waals surface area contributed by atoms with Crippen LogP contribution in [0.15, 0.2) is 41.3 Å². The smallest absolute Gasteiger partial charge is 0.306 e. The predicted molar refractivity (Wildman–Crippen MR) is 109 cm³/mol. The lowest BCUT2D eigenvalue weighted by atomic mass is 9.85. The number of halogens is 3. The molecular formula is C18H14ClFINO3S. The van der Waals surface area contributed by atoms with Crippen molar-refractivity contribution in [3.8, 4) is 0 Å². The molecule has 0 saturated heterocycles. The van der Waals surface area contributed by atoms with Gasteiger partial charge < -0.3 is 10.4 Å². The molecule has 0 spiro atoms. The molecule has 1 amide bonds. The second-order valence-electron chi connectivity index (χ2n) is 5.97. The van der Waals surface area contributed by atoms with Crippen LogP contribution in [0.25, 0.3) is 0 Å². The van der Waals surface area contributed by atoms with Crippen LogP contribution in [0.2, 0.25) is 5.02 Å². The highest BCUT2D eigenvalue weighted by molar-refractivity contribution is 14.1. The van der Waals surface area contributed by atoms with Gasteiger partial charge in [0.2, 0.25) is 0 Å². The minimum Gasteiger partial charge on any atom is -0.481 e. The van der Waals surface area contributed by atoms with Crippen molar-refractivity contribution in [3.63, 3.8) is 0 Å². The van der Waals surface area contributed by atoms with Gasteiger partial charge in [-0.2, -0.15) is 0 Å². The van der Waals surface area contributed by atoms with E-state index in [-0.39, 0.29) is 22.1 Å². The normalized spacial score (nSPS) is 18.9. The maximum absolute atomic E-state index is 13.2. The number of rotatable bonds is 5. The van der Waals surface area contributed by atoms with E-state index in [0.717, 1.165) is 8.47 Å². The molecule has 0 bridgehead atoms. The number of carbonyl (C=O) groups excluding carboxylic acids is 1. The Kier molecular flexibility index (Phi) is 6.09. The topological polar surface area (TPSA) is 66.4 Å². The summed E-state index contributed by atoms with van der Waals surface area (Å²) >= 11 is 9.53. The van der Waals surface area contributed by atoms with Crippen LogP contribution in [0.4, 0.5) is 10.1 Å². The van der Waals surface area contributed by atoms with Crippen molar-refractivity contribution < 1.29 is 19.1 Å². The summed E-state index contributed by atoms with van der Waals surface area (Å²) in [6, 6.07) is 9.36. The number of hydrogen-bond donors (Lipinski definition) is 2. The summed E-state index contributed by atoms with van der Waals surface area (Å²) in [5.74, 6) is -1.87. The van der Waals surface area contributed by atoms with Crippen LogP contribution in [0.3, 0.4) is 0 Å². The zero-order chi connectivity index (χ0) is 18.8. The first-order chi connectivity index (χ1) is 12.3. The Labute approximate surface area is 172 Å². The Hall–Kier alpha value is -1.32. The maximum atomic E-state index is 13.2. The van der Waals surface area contributed by atoms with E-state index < -0.39 is 11.8 Å². The Morgan fingerprint density at radius 3 is 2.62 bits per heavy atom. The van der Waals surface area contributed by atoms with Crippen LogP contribution in [-0.2, 0) is 4.79 Å². The van der Waals surface area contributed by atoms with Gasteiger partial charge in [0.15, 0.2) is 0 Å². The van der Waals surface area contributed by atoms with Crippen molar-refractivity contribution >= 4 is 63.5 Å². The van der Waals surface area contributed by atoms with Crippen LogP contribution < -0.4 is 5.32 Å². The fraction of sp³-hybridized carbons (Fsp3) is 0.222. The molecule has 2 aromatic carbocycles. The summed E-state index contributed by atoms with van der Waals surface area (Å²) in [4.78, 5) is 24.3. The van der Waals surface area contributed by atoms with Crippen molar-refractivity contribution in [2.24, 2.45) is 5.92 Å². The van der Waals surface area contributed by atoms with Gasteiger partial charge in [-0.25, -0.2) is 4.39 Å². The highest BCUT2D eigenvalue weighted by Crippen LogP contribution is 2.42. The fourth-order valence-corrected chi connectivity index (χ4v) is 4.84. The van der Waals surface area contributed by atoms with E-state index in [9.17, 15) is 14.0 Å². The summed E-state index contributed by atoms with van der Waals surface area (Å²) in [6.07, 6.45) is 1.28. The molecule has 0 heterocycles. The molecular weight excluding hydrogens is 492 g/mol. The number of benzene rings is 2. The minimum absolute atomic E-state index is 0.0559. The van der Waals surface area contributed by atoms with E-state index >= 15 is 0 Å². The molecule has 1 aliphatic rings. The zero-order valence-electron chi connectivity index (χ0n) is 13.3. The maximum Gasteiger partial charge on any atom is 0.306 e. The molecule has 1 fully saturated rings. The van der Waals surface area contributed by atoms with Crippen LogP contribution in [0, 0.1) is 15.3 Å². The highest BCUT2D eigenvalue weighted by Gasteiger charge is 2.35. The second-order valence-corrected chi connectivity index (χ2v) is 8.89. The van der Waals surface area contributed by atoms with E-state index in [1.54, 1.807) is 23.9 Å². The van der Waals surface area contributed by atoms with Gasteiger partial charge in [-0.05, 0) is 71.8 Å². The number of nitrogens with one attached hydrogen (secondary N) is 1. The third kappa shape index (κ3) is 4.50. The first kappa shape index (κ1) is 19.4. The number of carbonyl (C=O) groups is 2. The molecule has 0 unspecified atom stereocenters. The van der Waals surface area contributed by atoms with Crippen LogP contribution in [0.5, 0.6) is 0 Å². The molecule has 2 N–H and O–H groups in total. The molecule has 0 radical (unpaired) electrons. The van der Waals surface area contributed by atoms with Crippen LogP contribution >= 0.6 is 46.0 Å². The average Bonchev–Trinajstić information content (AvgIpc) is 2.55. The van der Waals surface area contributed by atoms with Crippen molar-refractivity contribution in [2.75, 3.05) is 5.32 Å². The summed E-state index contributed by atoms with van der Waals surface area (Å²) in [5, 5.41) is 11.9. The molecule has 0 aliphatic heterocycles. The number of amides is 1. The number of aliphatic carboxylic acids is 1. The van der Waals surface area contributed by atoms with E-state index in [1.807, 2.05) is 6.07 Å². The number of carboxylic acids is 1. The lowest BCUT2D eigenvalue weighted by Crippen LogP contribution is -2.32. The molecule has 0 atom stereocenters. The molecule has 0 aromatic heterocycles. The van der Waals surface area contributed by atoms with Gasteiger partial charge in [0.1, 0.15) is 5.82 Å². The van der Waals surface area contributed by atoms with Crippen molar-refractivity contribution in [3.05, 3.63) is 56.4 Å². The fourth-order valence-electron chi connectivity index (χ4n) is 2.56. The Bertz CT molecular complexity index is 874. The summed E-state index contributed by atoms with van der Waals surface area (Å²) in [7, 11) is 0. The number of anilines is 1. The largest absolute Gasteiger partial charge is 0.481 e. The quantitative estimate of drug-likeness (QED) is 0.542. The van der Waals surface area contributed by atoms with Gasteiger partial charge in [-0.3, -0.25) is 9.59 Å². The third-order valence-corrected chi connectivity index (χ3v) is 7.01. The Morgan fingerprint density at radius 2 is 1.96 bits per heavy atom. The Balaban J connectivity index is 1.69. The van der Waals surface area contributed by atoms with Gasteiger partial charge in [-0.15, -0.1) is 11.8 Å². The van der Waals surface area contributed by atoms with Crippen LogP contribution in [-0.4, -0.2) is 22.2 Å². The van der Waals surface area contributed by atoms with Crippen molar-refractivity contribution in [1.82, 2.24) is 0 Å². The molecule has 136 valence electrons. The first-order valence-electron chi connectivity index (χ1n) is 7.79. The van der Waals surface area contributed by atoms with Crippen molar-refractivity contribution in [1.29, 1.82) is 0 Å². The molecule has 4 nitrogen and oxygen atoms in total. The van der Waals surface area contributed by atoms with E-state index in [4.69, 9.17) is 16.7 Å². The van der Waals surface area contributed by atoms with Crippen LogP contribution in [0.1, 0.15) is 23.2 Å². The first-order valence-corrected chi connectivity index (χ1v) is 10.1. The summed E-state index contributed by atoms with van der Waals surface area (Å²) < 4.78 is 14.2. The Morgan fingerprint density at radius 1 is 1.23 bits per heavy atom. The van der Waals surface area contributed by atoms with Gasteiger partial charge in [0.05, 0.1) is 10.9 Å².